The molecular weight excluding hydrogens is 286 g/mol. The molecule has 21 heavy (non-hydrogen) atoms. The molecule has 108 valence electrons. The number of unbranched alkanes of at least 4 members (excludes halogenated alkanes) is 1. The number of hydrogen-bond donors (Lipinski definition) is 1. The summed E-state index contributed by atoms with van der Waals surface area (Å²) in [7, 11) is 0. The molecule has 1 N–H and O–H groups in total. The van der Waals surface area contributed by atoms with Gasteiger partial charge in [0.1, 0.15) is 16.7 Å². The van der Waals surface area contributed by atoms with E-state index in [1.165, 1.54) is 6.20 Å². The molecule has 5 nitrogen and oxygen atoms in total. The molecule has 0 atom stereocenters. The zero-order valence-corrected chi connectivity index (χ0v) is 12.4. The minimum atomic E-state index is -0.256. The predicted molar refractivity (Wildman–Crippen MR) is 81.6 cm³/mol. The van der Waals surface area contributed by atoms with Gasteiger partial charge in [0.05, 0.1) is 12.8 Å². The third kappa shape index (κ3) is 4.29. The number of thiazole rings is 1. The van der Waals surface area contributed by atoms with Gasteiger partial charge in [0.25, 0.3) is 5.91 Å². The molecule has 0 aliphatic carbocycles. The van der Waals surface area contributed by atoms with Crippen molar-refractivity contribution in [2.24, 2.45) is 0 Å². The highest BCUT2D eigenvalue weighted by Crippen LogP contribution is 2.18. The summed E-state index contributed by atoms with van der Waals surface area (Å²) >= 11 is 1.14. The number of nitriles is 1. The summed E-state index contributed by atoms with van der Waals surface area (Å²) in [5.41, 5.74) is 0.520. The molecule has 2 rings (SSSR count). The first kappa shape index (κ1) is 15.0. The zero-order chi connectivity index (χ0) is 15.1. The molecule has 0 unspecified atom stereocenters. The Morgan fingerprint density at radius 2 is 2.19 bits per heavy atom. The molecule has 0 aliphatic rings. The fraction of sp³-hybridized carbons (Fsp3) is 0.267. The summed E-state index contributed by atoms with van der Waals surface area (Å²) in [6.07, 6.45) is 3.53. The largest absolute Gasteiger partial charge is 0.494 e. The third-order valence-corrected chi connectivity index (χ3v) is 3.54. The van der Waals surface area contributed by atoms with E-state index in [0.717, 1.165) is 29.9 Å². The van der Waals surface area contributed by atoms with Crippen LogP contribution >= 0.6 is 11.3 Å². The number of amides is 1. The average molecular weight is 301 g/mol. The van der Waals surface area contributed by atoms with Gasteiger partial charge in [0.15, 0.2) is 5.13 Å². The minimum absolute atomic E-state index is 0.256. The van der Waals surface area contributed by atoms with Crippen LogP contribution in [0.1, 0.15) is 35.0 Å². The summed E-state index contributed by atoms with van der Waals surface area (Å²) in [4.78, 5) is 16.4. The Kier molecular flexibility index (Phi) is 5.29. The van der Waals surface area contributed by atoms with E-state index in [4.69, 9.17) is 10.00 Å². The molecule has 0 fully saturated rings. The molecular formula is C15H15N3O2S. The van der Waals surface area contributed by atoms with Crippen LogP contribution in [0.5, 0.6) is 5.75 Å². The highest BCUT2D eigenvalue weighted by molar-refractivity contribution is 7.16. The van der Waals surface area contributed by atoms with E-state index < -0.39 is 0 Å². The minimum Gasteiger partial charge on any atom is -0.494 e. The number of carbonyl (C=O) groups excluding carboxylic acids is 1. The molecule has 0 radical (unpaired) electrons. The quantitative estimate of drug-likeness (QED) is 0.829. The lowest BCUT2D eigenvalue weighted by Gasteiger charge is -2.06. The van der Waals surface area contributed by atoms with E-state index in [2.05, 4.69) is 17.2 Å². The summed E-state index contributed by atoms with van der Waals surface area (Å²) in [6, 6.07) is 8.93. The van der Waals surface area contributed by atoms with Crippen LogP contribution < -0.4 is 10.1 Å². The van der Waals surface area contributed by atoms with Gasteiger partial charge in [-0.25, -0.2) is 4.98 Å². The lowest BCUT2D eigenvalue weighted by molar-refractivity contribution is 0.102. The van der Waals surface area contributed by atoms with Crippen LogP contribution in [0.25, 0.3) is 0 Å². The van der Waals surface area contributed by atoms with Crippen molar-refractivity contribution in [3.8, 4) is 11.8 Å². The Morgan fingerprint density at radius 1 is 1.43 bits per heavy atom. The van der Waals surface area contributed by atoms with Crippen molar-refractivity contribution in [1.29, 1.82) is 5.26 Å². The Hall–Kier alpha value is -2.39. The number of hydrogen-bond acceptors (Lipinski definition) is 5. The summed E-state index contributed by atoms with van der Waals surface area (Å²) in [6.45, 7) is 2.78. The standard InChI is InChI=1S/C15H15N3O2S/c1-2-3-8-20-12-6-4-11(5-7-12)14(19)18-15-17-10-13(9-16)21-15/h4-7,10H,2-3,8H2,1H3,(H,17,18,19). The van der Waals surface area contributed by atoms with Gasteiger partial charge in [0, 0.05) is 5.56 Å². The van der Waals surface area contributed by atoms with Crippen molar-refractivity contribution in [2.45, 2.75) is 19.8 Å². The van der Waals surface area contributed by atoms with Gasteiger partial charge in [0.2, 0.25) is 0 Å². The van der Waals surface area contributed by atoms with Crippen LogP contribution in [-0.4, -0.2) is 17.5 Å². The molecule has 1 amide bonds. The van der Waals surface area contributed by atoms with Gasteiger partial charge in [-0.05, 0) is 30.7 Å². The molecule has 0 spiro atoms. The second-order valence-electron chi connectivity index (χ2n) is 4.32. The van der Waals surface area contributed by atoms with Gasteiger partial charge in [-0.3, -0.25) is 10.1 Å². The van der Waals surface area contributed by atoms with Gasteiger partial charge in [-0.15, -0.1) is 0 Å². The van der Waals surface area contributed by atoms with Crippen LogP contribution in [0.3, 0.4) is 0 Å². The second-order valence-corrected chi connectivity index (χ2v) is 5.35. The van der Waals surface area contributed by atoms with Gasteiger partial charge in [-0.1, -0.05) is 24.7 Å². The number of nitrogens with zero attached hydrogens (tertiary/aromatic N) is 2. The van der Waals surface area contributed by atoms with Crippen LogP contribution in [-0.2, 0) is 0 Å². The Balaban J connectivity index is 1.94. The third-order valence-electron chi connectivity index (χ3n) is 2.72. The van der Waals surface area contributed by atoms with E-state index in [0.29, 0.717) is 22.2 Å². The van der Waals surface area contributed by atoms with Crippen molar-refractivity contribution in [3.05, 3.63) is 40.9 Å². The van der Waals surface area contributed by atoms with E-state index in [1.54, 1.807) is 24.3 Å². The van der Waals surface area contributed by atoms with E-state index in [9.17, 15) is 4.79 Å². The van der Waals surface area contributed by atoms with E-state index in [-0.39, 0.29) is 5.91 Å². The fourth-order valence-electron chi connectivity index (χ4n) is 1.59. The van der Waals surface area contributed by atoms with Crippen molar-refractivity contribution < 1.29 is 9.53 Å². The number of nitrogens with one attached hydrogen (secondary N) is 1. The monoisotopic (exact) mass is 301 g/mol. The molecule has 1 aromatic heterocycles. The van der Waals surface area contributed by atoms with Crippen molar-refractivity contribution >= 4 is 22.4 Å². The van der Waals surface area contributed by atoms with Crippen LogP contribution in [0.2, 0.25) is 0 Å². The highest BCUT2D eigenvalue weighted by atomic mass is 32.1. The highest BCUT2D eigenvalue weighted by Gasteiger charge is 2.09. The first-order valence-corrected chi connectivity index (χ1v) is 7.44. The van der Waals surface area contributed by atoms with Gasteiger partial charge in [-0.2, -0.15) is 5.26 Å². The van der Waals surface area contributed by atoms with Gasteiger partial charge < -0.3 is 4.74 Å². The number of aromatic nitrogens is 1. The molecule has 6 heteroatoms. The topological polar surface area (TPSA) is 75.0 Å². The van der Waals surface area contributed by atoms with E-state index in [1.807, 2.05) is 6.07 Å². The fourth-order valence-corrected chi connectivity index (χ4v) is 2.20. The smallest absolute Gasteiger partial charge is 0.257 e. The first-order chi connectivity index (χ1) is 10.2. The molecule has 0 saturated heterocycles. The number of anilines is 1. The van der Waals surface area contributed by atoms with E-state index >= 15 is 0 Å². The molecule has 2 aromatic rings. The summed E-state index contributed by atoms with van der Waals surface area (Å²) < 4.78 is 5.54. The lowest BCUT2D eigenvalue weighted by Crippen LogP contribution is -2.11. The number of ether oxygens (including phenoxy) is 1. The van der Waals surface area contributed by atoms with Crippen molar-refractivity contribution in [2.75, 3.05) is 11.9 Å². The molecule has 0 saturated carbocycles. The Morgan fingerprint density at radius 3 is 2.81 bits per heavy atom. The number of rotatable bonds is 6. The number of carbonyl (C=O) groups is 1. The summed E-state index contributed by atoms with van der Waals surface area (Å²) in [5.74, 6) is 0.495. The summed E-state index contributed by atoms with van der Waals surface area (Å²) in [5, 5.41) is 11.8. The normalized spacial score (nSPS) is 9.90. The zero-order valence-electron chi connectivity index (χ0n) is 11.6. The molecule has 0 aliphatic heterocycles. The van der Waals surface area contributed by atoms with Crippen LogP contribution in [0.4, 0.5) is 5.13 Å². The van der Waals surface area contributed by atoms with Gasteiger partial charge >= 0.3 is 0 Å². The second kappa shape index (κ2) is 7.41. The lowest BCUT2D eigenvalue weighted by atomic mass is 10.2. The van der Waals surface area contributed by atoms with Crippen molar-refractivity contribution in [1.82, 2.24) is 4.98 Å². The first-order valence-electron chi connectivity index (χ1n) is 6.63. The Labute approximate surface area is 127 Å². The van der Waals surface area contributed by atoms with Crippen LogP contribution in [0, 0.1) is 11.3 Å². The SMILES string of the molecule is CCCCOc1ccc(C(=O)Nc2ncc(C#N)s2)cc1. The maximum absolute atomic E-state index is 12.0. The average Bonchev–Trinajstić information content (AvgIpc) is 2.96. The maximum atomic E-state index is 12.0. The maximum Gasteiger partial charge on any atom is 0.257 e. The number of benzene rings is 1. The molecule has 1 aromatic carbocycles. The molecule has 1 heterocycles. The van der Waals surface area contributed by atoms with Crippen LogP contribution in [0.15, 0.2) is 30.5 Å². The van der Waals surface area contributed by atoms with Crippen molar-refractivity contribution in [3.63, 3.8) is 0 Å². The Bertz CT molecular complexity index is 644. The predicted octanol–water partition coefficient (Wildman–Crippen LogP) is 3.45. The molecule has 0 bridgehead atoms.